The van der Waals surface area contributed by atoms with E-state index in [0.717, 1.165) is 23.5 Å². The number of hydrogen-bond acceptors (Lipinski definition) is 4. The molecule has 90 valence electrons. The molecule has 0 spiro atoms. The van der Waals surface area contributed by atoms with Crippen LogP contribution in [0.15, 0.2) is 12.1 Å². The van der Waals surface area contributed by atoms with Gasteiger partial charge in [-0.25, -0.2) is 0 Å². The summed E-state index contributed by atoms with van der Waals surface area (Å²) in [5.74, 6) is 2.13. The van der Waals surface area contributed by atoms with E-state index < -0.39 is 0 Å². The van der Waals surface area contributed by atoms with Gasteiger partial charge in [-0.15, -0.1) is 0 Å². The van der Waals surface area contributed by atoms with Gasteiger partial charge in [-0.2, -0.15) is 0 Å². The first kappa shape index (κ1) is 12.6. The third-order valence-electron chi connectivity index (χ3n) is 2.31. The second-order valence-electron chi connectivity index (χ2n) is 3.70. The molecule has 0 aromatic heterocycles. The lowest BCUT2D eigenvalue weighted by atomic mass is 10.1. The highest BCUT2D eigenvalue weighted by Crippen LogP contribution is 2.35. The van der Waals surface area contributed by atoms with Crippen molar-refractivity contribution in [3.05, 3.63) is 17.7 Å². The lowest BCUT2D eigenvalue weighted by Gasteiger charge is -2.15. The normalized spacial score (nSPS) is 12.1. The van der Waals surface area contributed by atoms with Crippen LogP contribution in [-0.4, -0.2) is 27.4 Å². The summed E-state index contributed by atoms with van der Waals surface area (Å²) in [7, 11) is 4.85. The van der Waals surface area contributed by atoms with Gasteiger partial charge in [0.1, 0.15) is 5.75 Å². The summed E-state index contributed by atoms with van der Waals surface area (Å²) in [6, 6.07) is 3.78. The predicted octanol–water partition coefficient (Wildman–Crippen LogP) is 1.60. The third kappa shape index (κ3) is 2.79. The fraction of sp³-hybridized carbons (Fsp3) is 0.500. The number of hydrogen-bond donors (Lipinski definition) is 1. The first-order valence-corrected chi connectivity index (χ1v) is 5.16. The summed E-state index contributed by atoms with van der Waals surface area (Å²) >= 11 is 0. The van der Waals surface area contributed by atoms with Crippen LogP contribution in [0.5, 0.6) is 17.2 Å². The molecule has 0 amide bonds. The van der Waals surface area contributed by atoms with E-state index in [1.807, 2.05) is 13.0 Å². The zero-order valence-corrected chi connectivity index (χ0v) is 10.2. The number of benzene rings is 1. The molecule has 1 unspecified atom stereocenters. The van der Waals surface area contributed by atoms with Crippen molar-refractivity contribution in [2.24, 2.45) is 5.73 Å². The van der Waals surface area contributed by atoms with Crippen LogP contribution in [0.1, 0.15) is 12.5 Å². The Balaban J connectivity index is 3.19. The van der Waals surface area contributed by atoms with E-state index in [2.05, 4.69) is 0 Å². The fourth-order valence-corrected chi connectivity index (χ4v) is 1.63. The molecular weight excluding hydrogens is 207 g/mol. The van der Waals surface area contributed by atoms with Crippen molar-refractivity contribution < 1.29 is 14.2 Å². The van der Waals surface area contributed by atoms with Gasteiger partial charge in [0.05, 0.1) is 21.3 Å². The zero-order valence-electron chi connectivity index (χ0n) is 10.2. The molecule has 0 aliphatic rings. The van der Waals surface area contributed by atoms with Gasteiger partial charge in [0.2, 0.25) is 0 Å². The number of ether oxygens (including phenoxy) is 3. The van der Waals surface area contributed by atoms with Crippen molar-refractivity contribution in [1.82, 2.24) is 0 Å². The Labute approximate surface area is 96.3 Å². The Hall–Kier alpha value is -1.42. The van der Waals surface area contributed by atoms with Crippen LogP contribution in [0.4, 0.5) is 0 Å². The van der Waals surface area contributed by atoms with Crippen molar-refractivity contribution in [2.45, 2.75) is 19.4 Å². The van der Waals surface area contributed by atoms with E-state index in [1.165, 1.54) is 0 Å². The molecule has 1 aromatic carbocycles. The van der Waals surface area contributed by atoms with Crippen LogP contribution < -0.4 is 19.9 Å². The highest BCUT2D eigenvalue weighted by atomic mass is 16.5. The van der Waals surface area contributed by atoms with Gasteiger partial charge in [-0.3, -0.25) is 0 Å². The average Bonchev–Trinajstić information content (AvgIpc) is 2.27. The maximum Gasteiger partial charge on any atom is 0.164 e. The topological polar surface area (TPSA) is 53.7 Å². The molecule has 2 N–H and O–H groups in total. The molecule has 0 saturated carbocycles. The second-order valence-corrected chi connectivity index (χ2v) is 3.70. The maximum absolute atomic E-state index is 5.79. The lowest BCUT2D eigenvalue weighted by Crippen LogP contribution is -2.18. The van der Waals surface area contributed by atoms with Crippen molar-refractivity contribution in [2.75, 3.05) is 21.3 Å². The Morgan fingerprint density at radius 3 is 2.25 bits per heavy atom. The van der Waals surface area contributed by atoms with E-state index in [-0.39, 0.29) is 6.04 Å². The summed E-state index contributed by atoms with van der Waals surface area (Å²) in [5, 5.41) is 0. The van der Waals surface area contributed by atoms with Crippen molar-refractivity contribution in [3.63, 3.8) is 0 Å². The first-order valence-electron chi connectivity index (χ1n) is 5.16. The van der Waals surface area contributed by atoms with Crippen molar-refractivity contribution in [1.29, 1.82) is 0 Å². The molecule has 0 heterocycles. The van der Waals surface area contributed by atoms with Crippen LogP contribution in [-0.2, 0) is 6.42 Å². The van der Waals surface area contributed by atoms with Gasteiger partial charge >= 0.3 is 0 Å². The summed E-state index contributed by atoms with van der Waals surface area (Å²) in [6.45, 7) is 1.95. The largest absolute Gasteiger partial charge is 0.497 e. The van der Waals surface area contributed by atoms with Gasteiger partial charge in [-0.1, -0.05) is 0 Å². The molecule has 0 saturated heterocycles. The highest BCUT2D eigenvalue weighted by molar-refractivity contribution is 5.52. The van der Waals surface area contributed by atoms with Gasteiger partial charge in [0, 0.05) is 17.7 Å². The predicted molar refractivity (Wildman–Crippen MR) is 63.5 cm³/mol. The molecule has 4 heteroatoms. The molecule has 0 aliphatic carbocycles. The van der Waals surface area contributed by atoms with Crippen LogP contribution in [0, 0.1) is 0 Å². The van der Waals surface area contributed by atoms with E-state index >= 15 is 0 Å². The van der Waals surface area contributed by atoms with Crippen LogP contribution in [0.25, 0.3) is 0 Å². The summed E-state index contributed by atoms with van der Waals surface area (Å²) in [5.41, 5.74) is 6.79. The molecule has 1 aromatic rings. The van der Waals surface area contributed by atoms with Crippen LogP contribution in [0.2, 0.25) is 0 Å². The number of rotatable bonds is 5. The Morgan fingerprint density at radius 2 is 1.81 bits per heavy atom. The minimum atomic E-state index is 0.0608. The third-order valence-corrected chi connectivity index (χ3v) is 2.31. The van der Waals surface area contributed by atoms with Gasteiger partial charge in [0.15, 0.2) is 11.5 Å². The number of methoxy groups -OCH3 is 3. The zero-order chi connectivity index (χ0) is 12.1. The van der Waals surface area contributed by atoms with Crippen LogP contribution >= 0.6 is 0 Å². The van der Waals surface area contributed by atoms with E-state index in [4.69, 9.17) is 19.9 Å². The Kier molecular flexibility index (Phi) is 4.43. The maximum atomic E-state index is 5.79. The van der Waals surface area contributed by atoms with Gasteiger partial charge in [-0.05, 0) is 19.4 Å². The lowest BCUT2D eigenvalue weighted by molar-refractivity contribution is 0.345. The summed E-state index contributed by atoms with van der Waals surface area (Å²) in [4.78, 5) is 0. The van der Waals surface area contributed by atoms with E-state index in [9.17, 15) is 0 Å². The van der Waals surface area contributed by atoms with E-state index in [1.54, 1.807) is 27.4 Å². The van der Waals surface area contributed by atoms with Crippen molar-refractivity contribution >= 4 is 0 Å². The molecule has 4 nitrogen and oxygen atoms in total. The van der Waals surface area contributed by atoms with Crippen LogP contribution in [0.3, 0.4) is 0 Å². The summed E-state index contributed by atoms with van der Waals surface area (Å²) in [6.07, 6.45) is 0.719. The fourth-order valence-electron chi connectivity index (χ4n) is 1.63. The monoisotopic (exact) mass is 226 g/mol. The Bertz CT molecular complexity index is 350. The quantitative estimate of drug-likeness (QED) is 0.828. The second kappa shape index (κ2) is 5.61. The smallest absolute Gasteiger partial charge is 0.164 e. The molecule has 0 radical (unpaired) electrons. The highest BCUT2D eigenvalue weighted by Gasteiger charge is 2.13. The number of nitrogens with two attached hydrogens (primary N) is 1. The SMILES string of the molecule is COc1cc(OC)c(OC)c(CC(C)N)[13cH]1. The van der Waals surface area contributed by atoms with Crippen molar-refractivity contribution in [3.8, 4) is 17.2 Å². The molecule has 0 fully saturated rings. The van der Waals surface area contributed by atoms with E-state index in [0.29, 0.717) is 5.75 Å². The molecule has 1 rings (SSSR count). The standard InChI is InChI=1S/C12H19NO3/c1-8(13)5-9-6-10(14-2)7-11(15-3)12(9)16-4/h6-8H,5,13H2,1-4H3/i6+1. The summed E-state index contributed by atoms with van der Waals surface area (Å²) < 4.78 is 15.8. The Morgan fingerprint density at radius 1 is 1.12 bits per heavy atom. The minimum Gasteiger partial charge on any atom is -0.497 e. The first-order chi connectivity index (χ1) is 7.62. The van der Waals surface area contributed by atoms with Gasteiger partial charge < -0.3 is 19.9 Å². The molecule has 0 aliphatic heterocycles. The van der Waals surface area contributed by atoms with Gasteiger partial charge in [0.25, 0.3) is 0 Å². The molecule has 0 bridgehead atoms. The molecule has 1 atom stereocenters. The minimum absolute atomic E-state index is 0.0608. The molecule has 16 heavy (non-hydrogen) atoms. The average molecular weight is 226 g/mol. The molecular formula is C12H19NO3.